The van der Waals surface area contributed by atoms with E-state index in [4.69, 9.17) is 11.6 Å². The van der Waals surface area contributed by atoms with Crippen molar-refractivity contribution in [3.8, 4) is 11.3 Å². The maximum atomic E-state index is 12.4. The number of carbonyl (C=O) groups is 1. The first-order valence-corrected chi connectivity index (χ1v) is 9.75. The van der Waals surface area contributed by atoms with Gasteiger partial charge in [0.05, 0.1) is 17.1 Å². The highest BCUT2D eigenvalue weighted by molar-refractivity contribution is 7.12. The predicted octanol–water partition coefficient (Wildman–Crippen LogP) is 4.98. The fourth-order valence-electron chi connectivity index (χ4n) is 2.77. The van der Waals surface area contributed by atoms with Gasteiger partial charge in [0.2, 0.25) is 5.91 Å². The fourth-order valence-corrected chi connectivity index (χ4v) is 3.94. The maximum Gasteiger partial charge on any atom is 0.225 e. The van der Waals surface area contributed by atoms with Gasteiger partial charge in [0.15, 0.2) is 0 Å². The Hall–Kier alpha value is -2.17. The molecule has 1 aromatic heterocycles. The number of halogens is 1. The molecule has 134 valence electrons. The van der Waals surface area contributed by atoms with E-state index < -0.39 is 0 Å². The standard InChI is InChI=1S/C21H21ClN2OS/c1-14-6-8-17(9-7-14)21-19(26-15(2)24-21)13-20(25)23-11-10-16-4-3-5-18(22)12-16/h3-9,12H,10-11,13H2,1-2H3,(H,23,25). The molecular formula is C21H21ClN2OS. The Morgan fingerprint density at radius 3 is 2.65 bits per heavy atom. The maximum absolute atomic E-state index is 12.4. The molecule has 0 saturated heterocycles. The summed E-state index contributed by atoms with van der Waals surface area (Å²) in [6.45, 7) is 4.63. The van der Waals surface area contributed by atoms with E-state index in [9.17, 15) is 4.79 Å². The molecule has 0 bridgehead atoms. The number of hydrogen-bond acceptors (Lipinski definition) is 3. The van der Waals surface area contributed by atoms with Crippen LogP contribution in [0.25, 0.3) is 11.3 Å². The van der Waals surface area contributed by atoms with Gasteiger partial charge in [-0.3, -0.25) is 4.79 Å². The molecule has 2 aromatic carbocycles. The lowest BCUT2D eigenvalue weighted by Crippen LogP contribution is -2.27. The lowest BCUT2D eigenvalue weighted by Gasteiger charge is -2.06. The first kappa shape index (κ1) is 18.6. The van der Waals surface area contributed by atoms with Crippen molar-refractivity contribution >= 4 is 28.8 Å². The summed E-state index contributed by atoms with van der Waals surface area (Å²) in [6, 6.07) is 16.0. The van der Waals surface area contributed by atoms with Gasteiger partial charge in [0.25, 0.3) is 0 Å². The number of benzene rings is 2. The zero-order valence-corrected chi connectivity index (χ0v) is 16.5. The quantitative estimate of drug-likeness (QED) is 0.651. The molecule has 0 radical (unpaired) electrons. The summed E-state index contributed by atoms with van der Waals surface area (Å²) in [4.78, 5) is 18.0. The average molecular weight is 385 g/mol. The van der Waals surface area contributed by atoms with Gasteiger partial charge in [0, 0.05) is 22.0 Å². The van der Waals surface area contributed by atoms with Crippen molar-refractivity contribution in [3.63, 3.8) is 0 Å². The van der Waals surface area contributed by atoms with Crippen LogP contribution in [0.2, 0.25) is 5.02 Å². The monoisotopic (exact) mass is 384 g/mol. The van der Waals surface area contributed by atoms with Crippen LogP contribution in [-0.4, -0.2) is 17.4 Å². The number of carbonyl (C=O) groups excluding carboxylic acids is 1. The van der Waals surface area contributed by atoms with Crippen molar-refractivity contribution in [2.24, 2.45) is 0 Å². The largest absolute Gasteiger partial charge is 0.355 e. The van der Waals surface area contributed by atoms with Gasteiger partial charge in [-0.1, -0.05) is 53.6 Å². The highest BCUT2D eigenvalue weighted by atomic mass is 35.5. The number of nitrogens with zero attached hydrogens (tertiary/aromatic N) is 1. The van der Waals surface area contributed by atoms with Crippen molar-refractivity contribution in [2.45, 2.75) is 26.7 Å². The van der Waals surface area contributed by atoms with Crippen LogP contribution >= 0.6 is 22.9 Å². The second-order valence-electron chi connectivity index (χ2n) is 6.28. The summed E-state index contributed by atoms with van der Waals surface area (Å²) < 4.78 is 0. The lowest BCUT2D eigenvalue weighted by atomic mass is 10.1. The highest BCUT2D eigenvalue weighted by Gasteiger charge is 2.14. The fraction of sp³-hybridized carbons (Fsp3) is 0.238. The van der Waals surface area contributed by atoms with Crippen LogP contribution in [0.15, 0.2) is 48.5 Å². The summed E-state index contributed by atoms with van der Waals surface area (Å²) in [6.07, 6.45) is 1.11. The van der Waals surface area contributed by atoms with E-state index in [0.29, 0.717) is 13.0 Å². The smallest absolute Gasteiger partial charge is 0.225 e. The molecule has 0 saturated carbocycles. The van der Waals surface area contributed by atoms with Gasteiger partial charge in [-0.05, 0) is 38.0 Å². The van der Waals surface area contributed by atoms with Crippen LogP contribution in [0.3, 0.4) is 0 Å². The van der Waals surface area contributed by atoms with Crippen LogP contribution in [0.4, 0.5) is 0 Å². The van der Waals surface area contributed by atoms with Crippen LogP contribution in [0, 0.1) is 13.8 Å². The molecule has 3 aromatic rings. The molecule has 0 aliphatic carbocycles. The minimum Gasteiger partial charge on any atom is -0.355 e. The number of hydrogen-bond donors (Lipinski definition) is 1. The van der Waals surface area contributed by atoms with E-state index in [0.717, 1.165) is 38.1 Å². The second kappa shape index (κ2) is 8.47. The summed E-state index contributed by atoms with van der Waals surface area (Å²) in [5.41, 5.74) is 4.30. The SMILES string of the molecule is Cc1ccc(-c2nc(C)sc2CC(=O)NCCc2cccc(Cl)c2)cc1. The Balaban J connectivity index is 1.61. The van der Waals surface area contributed by atoms with Crippen molar-refractivity contribution in [3.05, 3.63) is 74.6 Å². The molecule has 1 heterocycles. The predicted molar refractivity (Wildman–Crippen MR) is 109 cm³/mol. The summed E-state index contributed by atoms with van der Waals surface area (Å²) >= 11 is 7.57. The number of rotatable bonds is 6. The van der Waals surface area contributed by atoms with Gasteiger partial charge < -0.3 is 5.32 Å². The number of nitrogens with one attached hydrogen (secondary N) is 1. The van der Waals surface area contributed by atoms with Crippen LogP contribution in [-0.2, 0) is 17.6 Å². The van der Waals surface area contributed by atoms with E-state index in [2.05, 4.69) is 41.5 Å². The zero-order chi connectivity index (χ0) is 18.5. The molecule has 0 aliphatic heterocycles. The van der Waals surface area contributed by atoms with Gasteiger partial charge in [-0.15, -0.1) is 11.3 Å². The third-order valence-corrected chi connectivity index (χ3v) is 5.28. The van der Waals surface area contributed by atoms with E-state index in [-0.39, 0.29) is 5.91 Å². The molecule has 0 spiro atoms. The molecule has 3 nitrogen and oxygen atoms in total. The van der Waals surface area contributed by atoms with Crippen molar-refractivity contribution in [2.75, 3.05) is 6.54 Å². The number of aryl methyl sites for hydroxylation is 2. The Kier molecular flexibility index (Phi) is 6.07. The van der Waals surface area contributed by atoms with Gasteiger partial charge >= 0.3 is 0 Å². The topological polar surface area (TPSA) is 42.0 Å². The normalized spacial score (nSPS) is 10.7. The molecule has 0 atom stereocenters. The molecule has 3 rings (SSSR count). The minimum atomic E-state index is 0.0176. The Bertz CT molecular complexity index is 903. The average Bonchev–Trinajstić information content (AvgIpc) is 2.96. The van der Waals surface area contributed by atoms with Crippen LogP contribution in [0.5, 0.6) is 0 Å². The molecule has 1 N–H and O–H groups in total. The molecule has 1 amide bonds. The van der Waals surface area contributed by atoms with Gasteiger partial charge in [0.1, 0.15) is 0 Å². The van der Waals surface area contributed by atoms with Gasteiger partial charge in [-0.2, -0.15) is 0 Å². The van der Waals surface area contributed by atoms with Crippen LogP contribution in [0.1, 0.15) is 21.0 Å². The number of aromatic nitrogens is 1. The van der Waals surface area contributed by atoms with E-state index in [1.54, 1.807) is 11.3 Å². The van der Waals surface area contributed by atoms with Crippen molar-refractivity contribution in [1.82, 2.24) is 10.3 Å². The van der Waals surface area contributed by atoms with Crippen molar-refractivity contribution in [1.29, 1.82) is 0 Å². The number of amides is 1. The van der Waals surface area contributed by atoms with Crippen LogP contribution < -0.4 is 5.32 Å². The summed E-state index contributed by atoms with van der Waals surface area (Å²) in [5.74, 6) is 0.0176. The molecular weight excluding hydrogens is 364 g/mol. The molecule has 5 heteroatoms. The zero-order valence-electron chi connectivity index (χ0n) is 14.9. The number of thiazole rings is 1. The van der Waals surface area contributed by atoms with E-state index in [1.165, 1.54) is 5.56 Å². The molecule has 0 aliphatic rings. The lowest BCUT2D eigenvalue weighted by molar-refractivity contribution is -0.120. The first-order valence-electron chi connectivity index (χ1n) is 8.56. The van der Waals surface area contributed by atoms with E-state index in [1.807, 2.05) is 31.2 Å². The Labute approximate surface area is 163 Å². The molecule has 26 heavy (non-hydrogen) atoms. The third kappa shape index (κ3) is 4.93. The van der Waals surface area contributed by atoms with Crippen molar-refractivity contribution < 1.29 is 4.79 Å². The molecule has 0 unspecified atom stereocenters. The second-order valence-corrected chi connectivity index (χ2v) is 8.00. The summed E-state index contributed by atoms with van der Waals surface area (Å²) in [5, 5.41) is 4.69. The molecule has 0 fully saturated rings. The Morgan fingerprint density at radius 2 is 1.92 bits per heavy atom. The highest BCUT2D eigenvalue weighted by Crippen LogP contribution is 2.28. The third-order valence-electron chi connectivity index (χ3n) is 4.08. The summed E-state index contributed by atoms with van der Waals surface area (Å²) in [7, 11) is 0. The first-order chi connectivity index (χ1) is 12.5. The van der Waals surface area contributed by atoms with E-state index >= 15 is 0 Å². The van der Waals surface area contributed by atoms with Gasteiger partial charge in [-0.25, -0.2) is 4.98 Å². The minimum absolute atomic E-state index is 0.0176. The Morgan fingerprint density at radius 1 is 1.15 bits per heavy atom.